The molecule has 0 radical (unpaired) electrons. The van der Waals surface area contributed by atoms with E-state index in [0.717, 1.165) is 17.0 Å². The second kappa shape index (κ2) is 5.18. The van der Waals surface area contributed by atoms with Crippen molar-refractivity contribution < 1.29 is 14.1 Å². The Morgan fingerprint density at radius 3 is 2.94 bits per heavy atom. The molecule has 0 aliphatic rings. The summed E-state index contributed by atoms with van der Waals surface area (Å²) in [6.07, 6.45) is 1.49. The van der Waals surface area contributed by atoms with Crippen molar-refractivity contribution in [2.45, 2.75) is 20.4 Å². The van der Waals surface area contributed by atoms with Crippen LogP contribution in [0, 0.1) is 13.8 Å². The quantitative estimate of drug-likeness (QED) is 0.855. The van der Waals surface area contributed by atoms with Crippen molar-refractivity contribution in [3.8, 4) is 0 Å². The van der Waals surface area contributed by atoms with E-state index in [9.17, 15) is 4.79 Å². The fraction of sp³-hybridized carbons (Fsp3) is 0.364. The van der Waals surface area contributed by atoms with Crippen LogP contribution in [-0.2, 0) is 11.3 Å². The van der Waals surface area contributed by atoms with Gasteiger partial charge in [-0.1, -0.05) is 16.5 Å². The maximum atomic E-state index is 11.3. The summed E-state index contributed by atoms with van der Waals surface area (Å²) in [6.45, 7) is 4.31. The molecule has 2 rings (SSSR count). The summed E-state index contributed by atoms with van der Waals surface area (Å²) < 4.78 is 9.68. The van der Waals surface area contributed by atoms with Gasteiger partial charge in [0.2, 0.25) is 0 Å². The van der Waals surface area contributed by atoms with E-state index in [2.05, 4.69) is 20.2 Å². The van der Waals surface area contributed by atoms with E-state index in [1.165, 1.54) is 24.6 Å². The van der Waals surface area contributed by atoms with E-state index in [1.54, 1.807) is 0 Å². The van der Waals surface area contributed by atoms with Crippen molar-refractivity contribution in [3.05, 3.63) is 28.1 Å². The largest absolute Gasteiger partial charge is 0.465 e. The molecule has 6 nitrogen and oxygen atoms in total. The van der Waals surface area contributed by atoms with Gasteiger partial charge in [-0.3, -0.25) is 0 Å². The molecule has 0 fully saturated rings. The molecule has 7 heteroatoms. The fourth-order valence-corrected chi connectivity index (χ4v) is 2.20. The highest BCUT2D eigenvalue weighted by Gasteiger charge is 2.12. The molecule has 0 aliphatic heterocycles. The maximum Gasteiger partial charge on any atom is 0.349 e. The first-order valence-electron chi connectivity index (χ1n) is 5.31. The van der Waals surface area contributed by atoms with Crippen molar-refractivity contribution in [1.29, 1.82) is 0 Å². The predicted molar refractivity (Wildman–Crippen MR) is 66.8 cm³/mol. The monoisotopic (exact) mass is 267 g/mol. The zero-order chi connectivity index (χ0) is 13.1. The van der Waals surface area contributed by atoms with Gasteiger partial charge in [-0.25, -0.2) is 9.78 Å². The van der Waals surface area contributed by atoms with E-state index in [-0.39, 0.29) is 5.97 Å². The Labute approximate surface area is 108 Å². The van der Waals surface area contributed by atoms with Crippen LogP contribution in [0.1, 0.15) is 26.7 Å². The SMILES string of the molecule is COC(=O)c1cnc(NCc2c(C)noc2C)s1. The first kappa shape index (κ1) is 12.6. The summed E-state index contributed by atoms with van der Waals surface area (Å²) in [7, 11) is 1.35. The van der Waals surface area contributed by atoms with Gasteiger partial charge in [-0.2, -0.15) is 0 Å². The summed E-state index contributed by atoms with van der Waals surface area (Å²) >= 11 is 1.25. The first-order valence-corrected chi connectivity index (χ1v) is 6.13. The average molecular weight is 267 g/mol. The molecular formula is C11H13N3O3S. The number of hydrogen-bond acceptors (Lipinski definition) is 7. The summed E-state index contributed by atoms with van der Waals surface area (Å²) in [4.78, 5) is 15.8. The molecule has 0 aromatic carbocycles. The number of methoxy groups -OCH3 is 1. The third-order valence-electron chi connectivity index (χ3n) is 2.49. The van der Waals surface area contributed by atoms with Crippen LogP contribution in [0.2, 0.25) is 0 Å². The van der Waals surface area contributed by atoms with E-state index in [1.807, 2.05) is 13.8 Å². The highest BCUT2D eigenvalue weighted by atomic mass is 32.1. The molecule has 0 spiro atoms. The van der Waals surface area contributed by atoms with Gasteiger partial charge >= 0.3 is 5.97 Å². The maximum absolute atomic E-state index is 11.3. The van der Waals surface area contributed by atoms with Crippen LogP contribution >= 0.6 is 11.3 Å². The normalized spacial score (nSPS) is 10.4. The lowest BCUT2D eigenvalue weighted by atomic mass is 10.2. The molecule has 0 saturated heterocycles. The highest BCUT2D eigenvalue weighted by Crippen LogP contribution is 2.20. The molecule has 2 heterocycles. The number of hydrogen-bond donors (Lipinski definition) is 1. The highest BCUT2D eigenvalue weighted by molar-refractivity contribution is 7.17. The van der Waals surface area contributed by atoms with Crippen LogP contribution in [0.4, 0.5) is 5.13 Å². The van der Waals surface area contributed by atoms with Crippen LogP contribution in [0.25, 0.3) is 0 Å². The number of thiazole rings is 1. The fourth-order valence-electron chi connectivity index (χ4n) is 1.47. The minimum absolute atomic E-state index is 0.377. The van der Waals surface area contributed by atoms with Crippen LogP contribution in [0.3, 0.4) is 0 Å². The zero-order valence-electron chi connectivity index (χ0n) is 10.3. The number of ether oxygens (including phenoxy) is 1. The van der Waals surface area contributed by atoms with Crippen molar-refractivity contribution >= 4 is 22.4 Å². The molecular weight excluding hydrogens is 254 g/mol. The summed E-state index contributed by atoms with van der Waals surface area (Å²) in [6, 6.07) is 0. The van der Waals surface area contributed by atoms with Gasteiger partial charge in [0, 0.05) is 12.1 Å². The van der Waals surface area contributed by atoms with Crippen LogP contribution in [-0.4, -0.2) is 23.2 Å². The topological polar surface area (TPSA) is 77.2 Å². The number of aryl methyl sites for hydroxylation is 2. The second-order valence-electron chi connectivity index (χ2n) is 3.68. The number of esters is 1. The minimum Gasteiger partial charge on any atom is -0.465 e. The van der Waals surface area contributed by atoms with Gasteiger partial charge in [-0.05, 0) is 13.8 Å². The predicted octanol–water partition coefficient (Wildman–Crippen LogP) is 2.15. The summed E-state index contributed by atoms with van der Waals surface area (Å²) in [5, 5.41) is 7.66. The van der Waals surface area contributed by atoms with E-state index >= 15 is 0 Å². The number of anilines is 1. The van der Waals surface area contributed by atoms with E-state index in [4.69, 9.17) is 4.52 Å². The van der Waals surface area contributed by atoms with Crippen LogP contribution < -0.4 is 5.32 Å². The van der Waals surface area contributed by atoms with Gasteiger partial charge < -0.3 is 14.6 Å². The molecule has 0 amide bonds. The van der Waals surface area contributed by atoms with E-state index < -0.39 is 0 Å². The Hall–Kier alpha value is -1.89. The van der Waals surface area contributed by atoms with Gasteiger partial charge in [0.05, 0.1) is 19.0 Å². The zero-order valence-corrected chi connectivity index (χ0v) is 11.1. The Kier molecular flexibility index (Phi) is 3.61. The van der Waals surface area contributed by atoms with Crippen molar-refractivity contribution in [3.63, 3.8) is 0 Å². The molecule has 1 N–H and O–H groups in total. The number of carbonyl (C=O) groups is 1. The van der Waals surface area contributed by atoms with Gasteiger partial charge in [0.15, 0.2) is 5.13 Å². The van der Waals surface area contributed by atoms with Crippen LogP contribution in [0.15, 0.2) is 10.7 Å². The van der Waals surface area contributed by atoms with Crippen molar-refractivity contribution in [1.82, 2.24) is 10.1 Å². The molecule has 2 aromatic heterocycles. The number of nitrogens with zero attached hydrogens (tertiary/aromatic N) is 2. The summed E-state index contributed by atoms with van der Waals surface area (Å²) in [5.74, 6) is 0.405. The molecule has 96 valence electrons. The molecule has 0 aliphatic carbocycles. The summed E-state index contributed by atoms with van der Waals surface area (Å²) in [5.41, 5.74) is 1.86. The van der Waals surface area contributed by atoms with Crippen molar-refractivity contribution in [2.75, 3.05) is 12.4 Å². The third-order valence-corrected chi connectivity index (χ3v) is 3.42. The smallest absolute Gasteiger partial charge is 0.349 e. The molecule has 0 bridgehead atoms. The molecule has 2 aromatic rings. The Morgan fingerprint density at radius 1 is 1.56 bits per heavy atom. The molecule has 0 saturated carbocycles. The Bertz CT molecular complexity index is 542. The van der Waals surface area contributed by atoms with Gasteiger partial charge in [0.1, 0.15) is 10.6 Å². The second-order valence-corrected chi connectivity index (χ2v) is 4.71. The Morgan fingerprint density at radius 2 is 2.33 bits per heavy atom. The lowest BCUT2D eigenvalue weighted by Crippen LogP contribution is -2.00. The molecule has 18 heavy (non-hydrogen) atoms. The number of nitrogens with one attached hydrogen (secondary N) is 1. The van der Waals surface area contributed by atoms with E-state index in [0.29, 0.717) is 16.6 Å². The number of carbonyl (C=O) groups excluding carboxylic acids is 1. The first-order chi connectivity index (χ1) is 8.61. The average Bonchev–Trinajstić information content (AvgIpc) is 2.95. The van der Waals surface area contributed by atoms with Gasteiger partial charge in [-0.15, -0.1) is 0 Å². The van der Waals surface area contributed by atoms with Gasteiger partial charge in [0.25, 0.3) is 0 Å². The lowest BCUT2D eigenvalue weighted by molar-refractivity contribution is 0.0606. The third kappa shape index (κ3) is 2.51. The molecule has 0 unspecified atom stereocenters. The minimum atomic E-state index is -0.377. The molecule has 0 atom stereocenters. The lowest BCUT2D eigenvalue weighted by Gasteiger charge is -2.01. The van der Waals surface area contributed by atoms with Crippen molar-refractivity contribution in [2.24, 2.45) is 0 Å². The van der Waals surface area contributed by atoms with Crippen LogP contribution in [0.5, 0.6) is 0 Å². The number of rotatable bonds is 4. The number of aromatic nitrogens is 2. The Balaban J connectivity index is 2.03. The standard InChI is InChI=1S/C11H13N3O3S/c1-6-8(7(2)17-14-6)4-12-11-13-5-9(18-11)10(15)16-3/h5H,4H2,1-3H3,(H,12,13).